The van der Waals surface area contributed by atoms with Gasteiger partial charge in [0.1, 0.15) is 5.69 Å². The summed E-state index contributed by atoms with van der Waals surface area (Å²) in [5.74, 6) is -0.731. The average molecular weight is 424 g/mol. The summed E-state index contributed by atoms with van der Waals surface area (Å²) in [6, 6.07) is 11.9. The molecule has 3 aromatic rings. The zero-order valence-corrected chi connectivity index (χ0v) is 16.5. The van der Waals surface area contributed by atoms with Gasteiger partial charge in [-0.1, -0.05) is 23.2 Å². The molecule has 1 aromatic carbocycles. The first-order chi connectivity index (χ1) is 12.7. The van der Waals surface area contributed by atoms with Gasteiger partial charge in [0.2, 0.25) is 10.0 Å². The van der Waals surface area contributed by atoms with Gasteiger partial charge in [-0.05, 0) is 48.0 Å². The molecule has 0 spiro atoms. The zero-order chi connectivity index (χ0) is 19.6. The summed E-state index contributed by atoms with van der Waals surface area (Å²) in [4.78, 5) is 16.6. The van der Waals surface area contributed by atoms with E-state index in [9.17, 15) is 13.2 Å². The molecule has 0 saturated heterocycles. The number of rotatable bonds is 5. The van der Waals surface area contributed by atoms with Crippen LogP contribution in [-0.2, 0) is 16.6 Å². The molecule has 0 fully saturated rings. The number of amides is 1. The molecule has 140 valence electrons. The van der Waals surface area contributed by atoms with Crippen LogP contribution in [0.3, 0.4) is 0 Å². The Morgan fingerprint density at radius 2 is 1.96 bits per heavy atom. The summed E-state index contributed by atoms with van der Waals surface area (Å²) >= 11 is 12.3. The summed E-state index contributed by atoms with van der Waals surface area (Å²) in [5.41, 5.74) is 2.33. The third-order valence-electron chi connectivity index (χ3n) is 3.78. The monoisotopic (exact) mass is 423 g/mol. The summed E-state index contributed by atoms with van der Waals surface area (Å²) in [7, 11) is -3.70. The van der Waals surface area contributed by atoms with E-state index < -0.39 is 15.9 Å². The first-order valence-corrected chi connectivity index (χ1v) is 10.5. The largest absolute Gasteiger partial charge is 0.332 e. The molecule has 2 heterocycles. The maximum atomic E-state index is 12.5. The molecular weight excluding hydrogens is 409 g/mol. The molecule has 3 rings (SSSR count). The van der Waals surface area contributed by atoms with E-state index in [0.717, 1.165) is 11.8 Å². The van der Waals surface area contributed by atoms with Gasteiger partial charge in [0.05, 0.1) is 11.9 Å². The average Bonchev–Trinajstić information content (AvgIpc) is 3.01. The van der Waals surface area contributed by atoms with Crippen molar-refractivity contribution in [2.45, 2.75) is 6.54 Å². The molecule has 0 atom stereocenters. The number of hydrogen-bond donors (Lipinski definition) is 1. The molecular formula is C18H15Cl2N3O3S. The molecule has 6 nitrogen and oxygen atoms in total. The number of benzene rings is 1. The van der Waals surface area contributed by atoms with Crippen molar-refractivity contribution in [3.63, 3.8) is 0 Å². The van der Waals surface area contributed by atoms with Crippen molar-refractivity contribution in [3.05, 3.63) is 76.2 Å². The zero-order valence-electron chi connectivity index (χ0n) is 14.2. The molecule has 0 unspecified atom stereocenters. The fraction of sp³-hybridized carbons (Fsp3) is 0.111. The highest BCUT2D eigenvalue weighted by Gasteiger charge is 2.20. The second-order valence-corrected chi connectivity index (χ2v) is 8.46. The second-order valence-electron chi connectivity index (χ2n) is 5.87. The Bertz CT molecular complexity index is 1100. The van der Waals surface area contributed by atoms with Crippen molar-refractivity contribution < 1.29 is 13.2 Å². The van der Waals surface area contributed by atoms with Crippen molar-refractivity contribution >= 4 is 39.1 Å². The first kappa shape index (κ1) is 19.4. The van der Waals surface area contributed by atoms with E-state index in [2.05, 4.69) is 4.98 Å². The van der Waals surface area contributed by atoms with Crippen LogP contribution in [0.1, 0.15) is 16.1 Å². The Labute approximate surface area is 166 Å². The van der Waals surface area contributed by atoms with Crippen molar-refractivity contribution in [3.8, 4) is 11.3 Å². The van der Waals surface area contributed by atoms with Gasteiger partial charge in [0.25, 0.3) is 5.91 Å². The molecule has 0 bridgehead atoms. The SMILES string of the molecule is CS(=O)(=O)NC(=O)c1ccc(-c2cccnc2)n1Cc1cc(Cl)ccc1Cl. The normalized spacial score (nSPS) is 11.4. The van der Waals surface area contributed by atoms with Gasteiger partial charge >= 0.3 is 0 Å². The van der Waals surface area contributed by atoms with Gasteiger partial charge < -0.3 is 4.57 Å². The maximum absolute atomic E-state index is 12.5. The minimum atomic E-state index is -3.70. The van der Waals surface area contributed by atoms with Crippen LogP contribution < -0.4 is 4.72 Å². The van der Waals surface area contributed by atoms with E-state index in [1.165, 1.54) is 0 Å². The van der Waals surface area contributed by atoms with E-state index in [0.29, 0.717) is 21.3 Å². The minimum Gasteiger partial charge on any atom is -0.332 e. The second kappa shape index (κ2) is 7.72. The maximum Gasteiger partial charge on any atom is 0.281 e. The third-order valence-corrected chi connectivity index (χ3v) is 4.94. The van der Waals surface area contributed by atoms with Crippen LogP contribution in [0.25, 0.3) is 11.3 Å². The molecule has 0 aliphatic heterocycles. The number of nitrogens with zero attached hydrogens (tertiary/aromatic N) is 2. The number of carbonyl (C=O) groups excluding carboxylic acids is 1. The Hall–Kier alpha value is -2.35. The lowest BCUT2D eigenvalue weighted by molar-refractivity contribution is 0.0973. The molecule has 0 aliphatic carbocycles. The standard InChI is InChI=1S/C18H15Cl2N3O3S/c1-27(25,26)22-18(24)17-7-6-16(12-3-2-8-21-10-12)23(17)11-13-9-14(19)4-5-15(13)20/h2-10H,11H2,1H3,(H,22,24). The molecule has 0 saturated carbocycles. The number of carbonyl (C=O) groups is 1. The van der Waals surface area contributed by atoms with Gasteiger partial charge in [-0.2, -0.15) is 0 Å². The van der Waals surface area contributed by atoms with Crippen LogP contribution in [0, 0.1) is 0 Å². The van der Waals surface area contributed by atoms with Crippen LogP contribution in [0.15, 0.2) is 54.9 Å². The molecule has 0 aliphatic rings. The van der Waals surface area contributed by atoms with Gasteiger partial charge in [-0.3, -0.25) is 9.78 Å². The summed E-state index contributed by atoms with van der Waals surface area (Å²) < 4.78 is 26.6. The van der Waals surface area contributed by atoms with Crippen molar-refractivity contribution in [1.29, 1.82) is 0 Å². The van der Waals surface area contributed by atoms with E-state index in [-0.39, 0.29) is 12.2 Å². The number of pyridine rings is 1. The Morgan fingerprint density at radius 1 is 1.19 bits per heavy atom. The number of sulfonamides is 1. The lowest BCUT2D eigenvalue weighted by Crippen LogP contribution is -2.31. The number of hydrogen-bond acceptors (Lipinski definition) is 4. The third kappa shape index (κ3) is 4.68. The summed E-state index contributed by atoms with van der Waals surface area (Å²) in [6.07, 6.45) is 4.22. The van der Waals surface area contributed by atoms with Crippen LogP contribution >= 0.6 is 23.2 Å². The van der Waals surface area contributed by atoms with E-state index >= 15 is 0 Å². The Balaban J connectivity index is 2.11. The topological polar surface area (TPSA) is 81.1 Å². The smallest absolute Gasteiger partial charge is 0.281 e. The number of nitrogens with one attached hydrogen (secondary N) is 1. The fourth-order valence-electron chi connectivity index (χ4n) is 2.66. The molecule has 1 N–H and O–H groups in total. The number of aromatic nitrogens is 2. The highest BCUT2D eigenvalue weighted by molar-refractivity contribution is 7.89. The highest BCUT2D eigenvalue weighted by Crippen LogP contribution is 2.27. The van der Waals surface area contributed by atoms with E-state index in [4.69, 9.17) is 23.2 Å². The fourth-order valence-corrected chi connectivity index (χ4v) is 3.47. The lowest BCUT2D eigenvalue weighted by atomic mass is 10.2. The minimum absolute atomic E-state index is 0.176. The summed E-state index contributed by atoms with van der Waals surface area (Å²) in [5, 5.41) is 0.992. The van der Waals surface area contributed by atoms with Crippen molar-refractivity contribution in [2.75, 3.05) is 6.26 Å². The molecule has 9 heteroatoms. The molecule has 27 heavy (non-hydrogen) atoms. The Kier molecular flexibility index (Phi) is 5.55. The molecule has 0 radical (unpaired) electrons. The van der Waals surface area contributed by atoms with Crippen LogP contribution in [-0.4, -0.2) is 30.1 Å². The summed E-state index contributed by atoms with van der Waals surface area (Å²) in [6.45, 7) is 0.225. The Morgan fingerprint density at radius 3 is 2.63 bits per heavy atom. The predicted molar refractivity (Wildman–Crippen MR) is 106 cm³/mol. The molecule has 1 amide bonds. The quantitative estimate of drug-likeness (QED) is 0.679. The van der Waals surface area contributed by atoms with Crippen molar-refractivity contribution in [2.24, 2.45) is 0 Å². The predicted octanol–water partition coefficient (Wildman–Crippen LogP) is 3.59. The van der Waals surface area contributed by atoms with Crippen molar-refractivity contribution in [1.82, 2.24) is 14.3 Å². The van der Waals surface area contributed by atoms with E-state index in [1.807, 2.05) is 10.8 Å². The van der Waals surface area contributed by atoms with Gasteiger partial charge in [-0.15, -0.1) is 0 Å². The van der Waals surface area contributed by atoms with Gasteiger partial charge in [0, 0.05) is 34.5 Å². The van der Waals surface area contributed by atoms with Crippen LogP contribution in [0.4, 0.5) is 0 Å². The molecule has 2 aromatic heterocycles. The van der Waals surface area contributed by atoms with E-state index in [1.54, 1.807) is 53.4 Å². The highest BCUT2D eigenvalue weighted by atomic mass is 35.5. The first-order valence-electron chi connectivity index (χ1n) is 7.80. The van der Waals surface area contributed by atoms with Gasteiger partial charge in [0.15, 0.2) is 0 Å². The lowest BCUT2D eigenvalue weighted by Gasteiger charge is -2.15. The van der Waals surface area contributed by atoms with Gasteiger partial charge in [-0.25, -0.2) is 13.1 Å². The van der Waals surface area contributed by atoms with Crippen LogP contribution in [0.5, 0.6) is 0 Å². The number of halogens is 2. The van der Waals surface area contributed by atoms with Crippen LogP contribution in [0.2, 0.25) is 10.0 Å².